The zero-order valence-electron chi connectivity index (χ0n) is 38.5. The Balaban J connectivity index is 1.12. The standard InChI is InChI=1S/C43H74N6O11P2S/c1-26(2)10-9-11-27(3)31-14-15-32-30-13-12-28-20-29(16-18-42(28,4)33(30)17-19-43(31,32)5)59-61(51,52)57-24-37(55-7)35(22-49-25-46-38-39(49)47-41(45)48-40(38)63)60-62(53,56-8)58-23-36(54-6)34(50)21-44/h12,25-27,29-37,50H,9-11,13-24,44H2,1-8H3,(H,51,52)(H3,45,47,48,63)/t27-,29?,30?,31?,32?,33?,34?,35?,36?,37?,42?,43?,62?/m1/s1. The van der Waals surface area contributed by atoms with Crippen LogP contribution in [0.1, 0.15) is 105 Å². The van der Waals surface area contributed by atoms with Gasteiger partial charge in [0.15, 0.2) is 5.65 Å². The lowest BCUT2D eigenvalue weighted by Crippen LogP contribution is -2.51. The lowest BCUT2D eigenvalue weighted by atomic mass is 9.47. The first-order valence-electron chi connectivity index (χ1n) is 22.8. The molecule has 0 aromatic carbocycles. The number of ether oxygens (including phenoxy) is 2. The Morgan fingerprint density at radius 1 is 1.00 bits per heavy atom. The molecule has 2 aromatic heterocycles. The number of hydrogen-bond donors (Lipinski definition) is 5. The van der Waals surface area contributed by atoms with Gasteiger partial charge in [-0.1, -0.05) is 77.7 Å². The van der Waals surface area contributed by atoms with Crippen LogP contribution in [0.3, 0.4) is 0 Å². The molecule has 13 unspecified atom stereocenters. The number of fused-ring (bicyclic) bond motifs is 6. The average Bonchev–Trinajstić information content (AvgIpc) is 3.81. The minimum Gasteiger partial charge on any atom is -0.389 e. The maximum absolute atomic E-state index is 14.0. The number of methoxy groups -OCH3 is 2. The largest absolute Gasteiger partial charge is 0.475 e. The summed E-state index contributed by atoms with van der Waals surface area (Å²) in [6.07, 6.45) is 11.1. The molecule has 358 valence electrons. The molecule has 0 aliphatic heterocycles. The lowest BCUT2D eigenvalue weighted by Gasteiger charge is -2.58. The Bertz CT molecular complexity index is 2040. The minimum absolute atomic E-state index is 0.0289. The zero-order valence-corrected chi connectivity index (χ0v) is 41.1. The molecule has 0 bridgehead atoms. The van der Waals surface area contributed by atoms with Gasteiger partial charge in [0.1, 0.15) is 28.5 Å². The lowest BCUT2D eigenvalue weighted by molar-refractivity contribution is -0.0665. The van der Waals surface area contributed by atoms with Gasteiger partial charge >= 0.3 is 15.6 Å². The summed E-state index contributed by atoms with van der Waals surface area (Å²) in [6, 6.07) is 0. The van der Waals surface area contributed by atoms with E-state index in [1.165, 1.54) is 71.1 Å². The zero-order chi connectivity index (χ0) is 45.9. The van der Waals surface area contributed by atoms with Gasteiger partial charge in [0.25, 0.3) is 0 Å². The highest BCUT2D eigenvalue weighted by atomic mass is 32.1. The predicted octanol–water partition coefficient (Wildman–Crippen LogP) is 8.12. The van der Waals surface area contributed by atoms with Crippen LogP contribution in [-0.2, 0) is 47.8 Å². The number of rotatable bonds is 23. The van der Waals surface area contributed by atoms with Crippen molar-refractivity contribution in [2.24, 2.45) is 52.1 Å². The smallest absolute Gasteiger partial charge is 0.389 e. The monoisotopic (exact) mass is 944 g/mol. The highest BCUT2D eigenvalue weighted by molar-refractivity contribution is 7.71. The number of nitrogens with two attached hydrogens (primary N) is 2. The maximum Gasteiger partial charge on any atom is 0.475 e. The Labute approximate surface area is 378 Å². The number of aromatic nitrogens is 4. The number of H-pyrrole nitrogens is 1. The van der Waals surface area contributed by atoms with E-state index in [0.717, 1.165) is 43.6 Å². The second kappa shape index (κ2) is 21.1. The van der Waals surface area contributed by atoms with E-state index in [9.17, 15) is 19.1 Å². The third kappa shape index (κ3) is 11.4. The first-order valence-corrected chi connectivity index (χ1v) is 26.1. The van der Waals surface area contributed by atoms with E-state index in [1.54, 1.807) is 4.57 Å². The van der Waals surface area contributed by atoms with Gasteiger partial charge in [-0.25, -0.2) is 14.1 Å². The normalized spacial score (nSPS) is 31.6. The molecule has 20 heteroatoms. The Morgan fingerprint density at radius 2 is 1.73 bits per heavy atom. The van der Waals surface area contributed by atoms with Crippen molar-refractivity contribution < 1.29 is 51.2 Å². The molecular formula is C43H74N6O11P2S. The van der Waals surface area contributed by atoms with E-state index in [4.69, 9.17) is 55.8 Å². The number of nitrogen functional groups attached to an aromatic ring is 1. The summed E-state index contributed by atoms with van der Waals surface area (Å²) in [5.74, 6) is 4.35. The molecule has 0 saturated heterocycles. The molecule has 3 saturated carbocycles. The first-order chi connectivity index (χ1) is 29.8. The van der Waals surface area contributed by atoms with Crippen molar-refractivity contribution in [3.8, 4) is 0 Å². The molecule has 4 aliphatic rings. The van der Waals surface area contributed by atoms with Gasteiger partial charge in [0, 0.05) is 27.9 Å². The summed E-state index contributed by atoms with van der Waals surface area (Å²) in [4.78, 5) is 22.6. The summed E-state index contributed by atoms with van der Waals surface area (Å²) in [5.41, 5.74) is 13.9. The van der Waals surface area contributed by atoms with Gasteiger partial charge in [-0.2, -0.15) is 4.98 Å². The van der Waals surface area contributed by atoms with Crippen LogP contribution in [0.2, 0.25) is 0 Å². The number of nitrogens with zero attached hydrogens (tertiary/aromatic N) is 3. The fraction of sp³-hybridized carbons (Fsp3) is 0.837. The first kappa shape index (κ1) is 50.8. The van der Waals surface area contributed by atoms with Crippen LogP contribution in [0, 0.1) is 51.0 Å². The Morgan fingerprint density at radius 3 is 2.41 bits per heavy atom. The van der Waals surface area contributed by atoms with E-state index in [0.29, 0.717) is 41.3 Å². The van der Waals surface area contributed by atoms with E-state index < -0.39 is 59.4 Å². The van der Waals surface area contributed by atoms with Crippen LogP contribution < -0.4 is 11.5 Å². The average molecular weight is 945 g/mol. The van der Waals surface area contributed by atoms with Crippen LogP contribution in [0.4, 0.5) is 5.95 Å². The second-order valence-electron chi connectivity index (χ2n) is 19.5. The number of imidazole rings is 1. The van der Waals surface area contributed by atoms with E-state index in [1.807, 2.05) is 0 Å². The molecule has 0 amide bonds. The quantitative estimate of drug-likeness (QED) is 0.0402. The van der Waals surface area contributed by atoms with Crippen LogP contribution in [0.15, 0.2) is 18.0 Å². The SMILES string of the molecule is COC(COP(=O)(OC)OC(Cn1cnc2c(=S)[nH]c(N)nc21)C(COP(=O)(O)OC1CCC2(C)C(=CCC3C2CCC2(C)C3CCC2[C@H](C)CCCC(C)C)C1)OC)C(O)CN. The summed E-state index contributed by atoms with van der Waals surface area (Å²) < 4.78 is 68.9. The van der Waals surface area contributed by atoms with Gasteiger partial charge in [-0.3, -0.25) is 22.6 Å². The summed E-state index contributed by atoms with van der Waals surface area (Å²) in [7, 11) is -5.27. The minimum atomic E-state index is -4.66. The van der Waals surface area contributed by atoms with Crippen molar-refractivity contribution in [1.82, 2.24) is 19.5 Å². The van der Waals surface area contributed by atoms with Crippen molar-refractivity contribution in [2.45, 2.75) is 142 Å². The maximum atomic E-state index is 14.0. The molecule has 14 atom stereocenters. The van der Waals surface area contributed by atoms with E-state index in [-0.39, 0.29) is 29.1 Å². The fourth-order valence-electron chi connectivity index (χ4n) is 11.9. The summed E-state index contributed by atoms with van der Waals surface area (Å²) in [6.45, 7) is 11.0. The molecular weight excluding hydrogens is 871 g/mol. The van der Waals surface area contributed by atoms with Crippen molar-refractivity contribution in [3.63, 3.8) is 0 Å². The van der Waals surface area contributed by atoms with Gasteiger partial charge in [-0.05, 0) is 97.7 Å². The van der Waals surface area contributed by atoms with Gasteiger partial charge in [0.2, 0.25) is 5.95 Å². The molecule has 2 heterocycles. The number of hydrogen-bond acceptors (Lipinski definition) is 15. The van der Waals surface area contributed by atoms with Crippen molar-refractivity contribution in [2.75, 3.05) is 46.8 Å². The molecule has 4 aliphatic carbocycles. The van der Waals surface area contributed by atoms with Crippen LogP contribution >= 0.6 is 27.9 Å². The van der Waals surface area contributed by atoms with Crippen molar-refractivity contribution in [3.05, 3.63) is 22.6 Å². The highest BCUT2D eigenvalue weighted by Crippen LogP contribution is 2.68. The molecule has 2 aromatic rings. The van der Waals surface area contributed by atoms with Gasteiger partial charge in [-0.15, -0.1) is 0 Å². The molecule has 7 N–H and O–H groups in total. The van der Waals surface area contributed by atoms with Gasteiger partial charge < -0.3 is 40.5 Å². The van der Waals surface area contributed by atoms with E-state index >= 15 is 0 Å². The van der Waals surface area contributed by atoms with Gasteiger partial charge in [0.05, 0.1) is 38.3 Å². The number of aliphatic hydroxyl groups excluding tert-OH is 1. The van der Waals surface area contributed by atoms with Crippen LogP contribution in [0.25, 0.3) is 11.2 Å². The van der Waals surface area contributed by atoms with Crippen LogP contribution in [-0.4, -0.2) is 101 Å². The molecule has 3 fully saturated rings. The molecule has 0 spiro atoms. The third-order valence-electron chi connectivity index (χ3n) is 15.4. The number of phosphoric acid groups is 2. The highest BCUT2D eigenvalue weighted by Gasteiger charge is 2.59. The summed E-state index contributed by atoms with van der Waals surface area (Å²) >= 11 is 5.38. The van der Waals surface area contributed by atoms with E-state index in [2.05, 4.69) is 55.6 Å². The number of phosphoric ester groups is 2. The second-order valence-corrected chi connectivity index (χ2v) is 23.0. The Hall–Kier alpha value is -1.63. The third-order valence-corrected chi connectivity index (χ3v) is 18.2. The molecule has 6 rings (SSSR count). The summed E-state index contributed by atoms with van der Waals surface area (Å²) in [5, 5.41) is 10.2. The van der Waals surface area contributed by atoms with Crippen molar-refractivity contribution >= 4 is 45.0 Å². The molecule has 0 radical (unpaired) electrons. The molecule has 63 heavy (non-hydrogen) atoms. The fourth-order valence-corrected chi connectivity index (χ4v) is 14.2. The number of anilines is 1. The number of nitrogens with one attached hydrogen (secondary N) is 1. The van der Waals surface area contributed by atoms with Crippen LogP contribution in [0.5, 0.6) is 0 Å². The number of aliphatic hydroxyl groups is 1. The number of aromatic amines is 1. The Kier molecular flexibility index (Phi) is 17.0. The van der Waals surface area contributed by atoms with Crippen molar-refractivity contribution in [1.29, 1.82) is 0 Å². The number of allylic oxidation sites excluding steroid dienone is 1. The molecule has 17 nitrogen and oxygen atoms in total. The predicted molar refractivity (Wildman–Crippen MR) is 243 cm³/mol. The topological polar surface area (TPSA) is 238 Å².